The lowest BCUT2D eigenvalue weighted by molar-refractivity contribution is -0.132. The SMILES string of the molecule is CCC(=O)c1ccc(OC[C@H](O)CN2C(=O)N[C@](C)(c3ccc(F)c(F)c3)C2=O)cc1. The Morgan fingerprint density at radius 3 is 2.45 bits per heavy atom. The molecule has 2 atom stereocenters. The number of ether oxygens (including phenoxy) is 1. The Bertz CT molecular complexity index is 1010. The van der Waals surface area contributed by atoms with Crippen molar-refractivity contribution in [3.8, 4) is 5.75 Å². The van der Waals surface area contributed by atoms with Crippen molar-refractivity contribution in [3.63, 3.8) is 0 Å². The van der Waals surface area contributed by atoms with E-state index < -0.39 is 35.2 Å². The monoisotopic (exact) mass is 432 g/mol. The Kier molecular flexibility index (Phi) is 6.35. The van der Waals surface area contributed by atoms with Crippen LogP contribution in [0.25, 0.3) is 0 Å². The van der Waals surface area contributed by atoms with Crippen LogP contribution in [0.1, 0.15) is 36.2 Å². The second-order valence-electron chi connectivity index (χ2n) is 7.37. The Hall–Kier alpha value is -3.33. The van der Waals surface area contributed by atoms with E-state index in [2.05, 4.69) is 5.32 Å². The zero-order valence-electron chi connectivity index (χ0n) is 17.0. The van der Waals surface area contributed by atoms with Gasteiger partial charge in [-0.3, -0.25) is 14.5 Å². The molecule has 1 saturated heterocycles. The maximum absolute atomic E-state index is 13.6. The average molecular weight is 432 g/mol. The lowest BCUT2D eigenvalue weighted by atomic mass is 9.92. The van der Waals surface area contributed by atoms with Gasteiger partial charge >= 0.3 is 6.03 Å². The van der Waals surface area contributed by atoms with Crippen molar-refractivity contribution in [2.45, 2.75) is 31.9 Å². The van der Waals surface area contributed by atoms with E-state index in [9.17, 15) is 28.3 Å². The van der Waals surface area contributed by atoms with Crippen LogP contribution in [0.3, 0.4) is 0 Å². The number of hydrogen-bond acceptors (Lipinski definition) is 5. The molecule has 0 aromatic heterocycles. The van der Waals surface area contributed by atoms with E-state index in [1.165, 1.54) is 13.0 Å². The molecule has 0 spiro atoms. The smallest absolute Gasteiger partial charge is 0.325 e. The quantitative estimate of drug-likeness (QED) is 0.494. The highest BCUT2D eigenvalue weighted by molar-refractivity contribution is 6.07. The largest absolute Gasteiger partial charge is 0.491 e. The molecule has 31 heavy (non-hydrogen) atoms. The van der Waals surface area contributed by atoms with Gasteiger partial charge in [0.15, 0.2) is 17.4 Å². The van der Waals surface area contributed by atoms with Crippen molar-refractivity contribution >= 4 is 17.7 Å². The molecular formula is C22H22F2N2O5. The van der Waals surface area contributed by atoms with Crippen molar-refractivity contribution in [1.82, 2.24) is 10.2 Å². The van der Waals surface area contributed by atoms with Crippen LogP contribution >= 0.6 is 0 Å². The number of urea groups is 1. The summed E-state index contributed by atoms with van der Waals surface area (Å²) in [5.74, 6) is -2.50. The molecule has 1 heterocycles. The second kappa shape index (κ2) is 8.81. The van der Waals surface area contributed by atoms with Crippen LogP contribution in [0.15, 0.2) is 42.5 Å². The van der Waals surface area contributed by atoms with E-state index in [4.69, 9.17) is 4.74 Å². The van der Waals surface area contributed by atoms with Crippen LogP contribution in [0.2, 0.25) is 0 Å². The first kappa shape index (κ1) is 22.4. The Balaban J connectivity index is 1.62. The number of ketones is 1. The van der Waals surface area contributed by atoms with Gasteiger partial charge in [0.05, 0.1) is 6.54 Å². The number of halogens is 2. The van der Waals surface area contributed by atoms with Gasteiger partial charge in [0.1, 0.15) is 24.0 Å². The third-order valence-electron chi connectivity index (χ3n) is 5.11. The number of β-amino-alcohol motifs (C(OH)–C–C–N with tert-alkyl or cyclic N) is 1. The molecule has 7 nitrogen and oxygen atoms in total. The highest BCUT2D eigenvalue weighted by Crippen LogP contribution is 2.30. The molecule has 0 bridgehead atoms. The number of nitrogens with one attached hydrogen (secondary N) is 1. The molecule has 9 heteroatoms. The number of Topliss-reactive ketones (excluding diaryl/α,β-unsaturated/α-hetero) is 1. The molecule has 2 aromatic carbocycles. The van der Waals surface area contributed by atoms with Gasteiger partial charge in [-0.25, -0.2) is 13.6 Å². The minimum Gasteiger partial charge on any atom is -0.491 e. The summed E-state index contributed by atoms with van der Waals surface area (Å²) in [6, 6.07) is 8.57. The summed E-state index contributed by atoms with van der Waals surface area (Å²) in [6.45, 7) is 2.58. The highest BCUT2D eigenvalue weighted by atomic mass is 19.2. The predicted molar refractivity (Wildman–Crippen MR) is 107 cm³/mol. The number of aliphatic hydroxyl groups excluding tert-OH is 1. The summed E-state index contributed by atoms with van der Waals surface area (Å²) in [5.41, 5.74) is -0.959. The van der Waals surface area contributed by atoms with Crippen LogP contribution in [0.4, 0.5) is 13.6 Å². The minimum absolute atomic E-state index is 0.00534. The number of carbonyl (C=O) groups is 3. The van der Waals surface area contributed by atoms with E-state index in [1.54, 1.807) is 31.2 Å². The molecular weight excluding hydrogens is 410 g/mol. The molecule has 3 amide bonds. The fourth-order valence-corrected chi connectivity index (χ4v) is 3.26. The molecule has 0 unspecified atom stereocenters. The third-order valence-corrected chi connectivity index (χ3v) is 5.11. The van der Waals surface area contributed by atoms with Crippen molar-refractivity contribution in [2.24, 2.45) is 0 Å². The summed E-state index contributed by atoms with van der Waals surface area (Å²) in [4.78, 5) is 37.6. The summed E-state index contributed by atoms with van der Waals surface area (Å²) in [5, 5.41) is 12.7. The second-order valence-corrected chi connectivity index (χ2v) is 7.37. The van der Waals surface area contributed by atoms with Gasteiger partial charge in [-0.05, 0) is 48.9 Å². The molecule has 0 aliphatic carbocycles. The van der Waals surface area contributed by atoms with Gasteiger partial charge in [-0.2, -0.15) is 0 Å². The maximum atomic E-state index is 13.6. The van der Waals surface area contributed by atoms with E-state index in [0.29, 0.717) is 17.7 Å². The van der Waals surface area contributed by atoms with Crippen LogP contribution in [0.5, 0.6) is 5.75 Å². The van der Waals surface area contributed by atoms with Crippen LogP contribution in [-0.2, 0) is 10.3 Å². The first-order chi connectivity index (χ1) is 14.7. The molecule has 1 aliphatic heterocycles. The number of carbonyl (C=O) groups excluding carboxylic acids is 3. The van der Waals surface area contributed by atoms with Gasteiger partial charge in [-0.15, -0.1) is 0 Å². The van der Waals surface area contributed by atoms with Crippen LogP contribution in [-0.4, -0.2) is 47.0 Å². The topological polar surface area (TPSA) is 95.9 Å². The van der Waals surface area contributed by atoms with Gasteiger partial charge in [-0.1, -0.05) is 13.0 Å². The van der Waals surface area contributed by atoms with Crippen molar-refractivity contribution < 1.29 is 33.0 Å². The molecule has 164 valence electrons. The van der Waals surface area contributed by atoms with E-state index >= 15 is 0 Å². The van der Waals surface area contributed by atoms with E-state index in [-0.39, 0.29) is 24.5 Å². The normalized spacial score (nSPS) is 19.3. The fraction of sp³-hybridized carbons (Fsp3) is 0.318. The van der Waals surface area contributed by atoms with Crippen LogP contribution < -0.4 is 10.1 Å². The molecule has 0 saturated carbocycles. The zero-order chi connectivity index (χ0) is 22.8. The number of aliphatic hydroxyl groups is 1. The maximum Gasteiger partial charge on any atom is 0.325 e. The van der Waals surface area contributed by atoms with E-state index in [1.807, 2.05) is 0 Å². The first-order valence-corrected chi connectivity index (χ1v) is 9.69. The molecule has 0 radical (unpaired) electrons. The molecule has 2 N–H and O–H groups in total. The molecule has 1 fully saturated rings. The van der Waals surface area contributed by atoms with Crippen molar-refractivity contribution in [1.29, 1.82) is 0 Å². The third kappa shape index (κ3) is 4.56. The predicted octanol–water partition coefficient (Wildman–Crippen LogP) is 2.76. The molecule has 1 aliphatic rings. The van der Waals surface area contributed by atoms with Gasteiger partial charge in [0, 0.05) is 12.0 Å². The summed E-state index contributed by atoms with van der Waals surface area (Å²) >= 11 is 0. The van der Waals surface area contributed by atoms with Gasteiger partial charge in [0.2, 0.25) is 0 Å². The summed E-state index contributed by atoms with van der Waals surface area (Å²) in [6.07, 6.45) is -0.812. The number of rotatable bonds is 8. The Morgan fingerprint density at radius 1 is 1.16 bits per heavy atom. The number of nitrogens with zero attached hydrogens (tertiary/aromatic N) is 1. The fourth-order valence-electron chi connectivity index (χ4n) is 3.26. The first-order valence-electron chi connectivity index (χ1n) is 9.69. The Labute approximate surface area is 177 Å². The standard InChI is InChI=1S/C22H22F2N2O5/c1-3-19(28)13-4-7-16(8-5-13)31-12-15(27)11-26-20(29)22(2,25-21(26)30)14-6-9-17(23)18(24)10-14/h4-10,15,27H,3,11-12H2,1-2H3,(H,25,30)/t15-,22-/m1/s1. The van der Waals surface area contributed by atoms with Crippen molar-refractivity contribution in [3.05, 3.63) is 65.2 Å². The van der Waals surface area contributed by atoms with Crippen LogP contribution in [0, 0.1) is 11.6 Å². The highest BCUT2D eigenvalue weighted by Gasteiger charge is 2.49. The summed E-state index contributed by atoms with van der Waals surface area (Å²) < 4.78 is 32.3. The lowest BCUT2D eigenvalue weighted by Crippen LogP contribution is -2.42. The molecule has 3 rings (SSSR count). The van der Waals surface area contributed by atoms with E-state index in [0.717, 1.165) is 17.0 Å². The zero-order valence-corrected chi connectivity index (χ0v) is 17.0. The minimum atomic E-state index is -1.59. The number of amides is 3. The van der Waals surface area contributed by atoms with Crippen molar-refractivity contribution in [2.75, 3.05) is 13.2 Å². The lowest BCUT2D eigenvalue weighted by Gasteiger charge is -2.23. The molecule has 2 aromatic rings. The number of imide groups is 1. The average Bonchev–Trinajstić information content (AvgIpc) is 2.97. The number of benzene rings is 2. The van der Waals surface area contributed by atoms with Gasteiger partial charge < -0.3 is 15.2 Å². The van der Waals surface area contributed by atoms with Gasteiger partial charge in [0.25, 0.3) is 5.91 Å². The summed E-state index contributed by atoms with van der Waals surface area (Å²) in [7, 11) is 0. The number of hydrogen-bond donors (Lipinski definition) is 2. The Morgan fingerprint density at radius 2 is 1.84 bits per heavy atom.